The summed E-state index contributed by atoms with van der Waals surface area (Å²) >= 11 is 11.3. The molecule has 4 rings (SSSR count). The number of hydrogen-bond acceptors (Lipinski definition) is 6. The summed E-state index contributed by atoms with van der Waals surface area (Å²) in [6.45, 7) is 0. The van der Waals surface area contributed by atoms with Crippen molar-refractivity contribution in [2.45, 2.75) is 0 Å². The van der Waals surface area contributed by atoms with E-state index < -0.39 is 0 Å². The Hall–Kier alpha value is -2.19. The molecule has 0 aliphatic rings. The van der Waals surface area contributed by atoms with E-state index >= 15 is 0 Å². The van der Waals surface area contributed by atoms with E-state index in [0.717, 1.165) is 0 Å². The summed E-state index contributed by atoms with van der Waals surface area (Å²) in [7, 11) is 0. The molecule has 6 nitrogen and oxygen atoms in total. The number of hydrogen-bond donors (Lipinski definition) is 0. The Kier molecular flexibility index (Phi) is 7.55. The monoisotopic (exact) mass is 412 g/mol. The summed E-state index contributed by atoms with van der Waals surface area (Å²) in [6.07, 6.45) is 5.82. The Balaban J connectivity index is 0.000000187. The van der Waals surface area contributed by atoms with Crippen molar-refractivity contribution in [3.63, 3.8) is 0 Å². The molecule has 2 heterocycles. The first-order valence-electron chi connectivity index (χ1n) is 7.27. The van der Waals surface area contributed by atoms with Crippen LogP contribution in [0.5, 0.6) is 11.5 Å². The van der Waals surface area contributed by atoms with Gasteiger partial charge in [-0.25, -0.2) is 9.97 Å². The average Bonchev–Trinajstić information content (AvgIpc) is 3.29. The van der Waals surface area contributed by atoms with Crippen molar-refractivity contribution in [3.8, 4) is 34.4 Å². The van der Waals surface area contributed by atoms with Crippen LogP contribution in [-0.4, -0.2) is 33.0 Å². The van der Waals surface area contributed by atoms with E-state index in [1.54, 1.807) is 24.3 Å². The van der Waals surface area contributed by atoms with Gasteiger partial charge in [-0.05, 0) is 24.3 Å². The second-order valence-corrected chi connectivity index (χ2v) is 5.83. The molecule has 132 valence electrons. The molecule has 0 amide bonds. The Morgan fingerprint density at radius 1 is 0.704 bits per heavy atom. The number of aromatic nitrogens is 2. The Bertz CT molecular complexity index is 911. The predicted octanol–water partition coefficient (Wildman–Crippen LogP) is 3.76. The SMILES string of the molecule is [Mg+2].[O-]c1cc(Cl)ccc1-c1ncco1.[O-]c1cc(Cl)ccc1-c1ncco1. The molecular formula is C18H10Cl2MgN2O4. The first-order chi connectivity index (χ1) is 12.5. The number of benzene rings is 2. The standard InChI is InChI=1S/2C9H6ClNO2.Mg/c2*10-6-1-2-7(8(12)5-6)9-11-3-4-13-9;/h2*1-5,12H;/q;;+2/p-2. The maximum atomic E-state index is 11.4. The van der Waals surface area contributed by atoms with Gasteiger partial charge in [-0.1, -0.05) is 46.8 Å². The van der Waals surface area contributed by atoms with Crippen molar-refractivity contribution in [3.05, 3.63) is 71.4 Å². The van der Waals surface area contributed by atoms with Crippen LogP contribution in [0.2, 0.25) is 10.0 Å². The minimum atomic E-state index is -0.185. The second-order valence-electron chi connectivity index (χ2n) is 4.96. The van der Waals surface area contributed by atoms with E-state index in [-0.39, 0.29) is 34.6 Å². The molecule has 0 fully saturated rings. The second kappa shape index (κ2) is 9.66. The zero-order chi connectivity index (χ0) is 18.5. The van der Waals surface area contributed by atoms with Gasteiger partial charge in [0.25, 0.3) is 0 Å². The fourth-order valence-electron chi connectivity index (χ4n) is 2.06. The number of halogens is 2. The largest absolute Gasteiger partial charge is 2.00 e. The molecule has 0 spiro atoms. The summed E-state index contributed by atoms with van der Waals surface area (Å²) in [6, 6.07) is 9.11. The van der Waals surface area contributed by atoms with Gasteiger partial charge in [0.1, 0.15) is 12.5 Å². The fourth-order valence-corrected chi connectivity index (χ4v) is 2.38. The molecule has 0 saturated carbocycles. The number of nitrogens with zero attached hydrogens (tertiary/aromatic N) is 2. The molecule has 0 aliphatic heterocycles. The molecule has 0 unspecified atom stereocenters. The van der Waals surface area contributed by atoms with Crippen LogP contribution in [0, 0.1) is 0 Å². The molecule has 0 atom stereocenters. The molecule has 0 aliphatic carbocycles. The smallest absolute Gasteiger partial charge is 0.872 e. The third kappa shape index (κ3) is 5.40. The van der Waals surface area contributed by atoms with Crippen LogP contribution in [0.3, 0.4) is 0 Å². The van der Waals surface area contributed by atoms with Crippen molar-refractivity contribution in [2.24, 2.45) is 0 Å². The third-order valence-electron chi connectivity index (χ3n) is 3.21. The molecule has 4 aromatic rings. The molecule has 9 heteroatoms. The maximum Gasteiger partial charge on any atom is 2.00 e. The summed E-state index contributed by atoms with van der Waals surface area (Å²) in [5.41, 5.74) is 0.851. The quantitative estimate of drug-likeness (QED) is 0.464. The molecule has 0 N–H and O–H groups in total. The van der Waals surface area contributed by atoms with Crippen LogP contribution in [0.1, 0.15) is 0 Å². The van der Waals surface area contributed by atoms with Crippen LogP contribution >= 0.6 is 23.2 Å². The Labute approximate surface area is 180 Å². The van der Waals surface area contributed by atoms with E-state index in [1.807, 2.05) is 0 Å². The average molecular weight is 413 g/mol. The Morgan fingerprint density at radius 3 is 1.41 bits per heavy atom. The van der Waals surface area contributed by atoms with Crippen molar-refractivity contribution in [1.82, 2.24) is 9.97 Å². The Morgan fingerprint density at radius 2 is 1.11 bits per heavy atom. The molecule has 0 saturated heterocycles. The zero-order valence-corrected chi connectivity index (χ0v) is 16.7. The van der Waals surface area contributed by atoms with Gasteiger partial charge in [-0.2, -0.15) is 0 Å². The minimum Gasteiger partial charge on any atom is -0.872 e. The van der Waals surface area contributed by atoms with Crippen molar-refractivity contribution in [2.75, 3.05) is 0 Å². The van der Waals surface area contributed by atoms with E-state index in [4.69, 9.17) is 32.0 Å². The number of rotatable bonds is 2. The summed E-state index contributed by atoms with van der Waals surface area (Å²) in [5, 5.41) is 23.5. The van der Waals surface area contributed by atoms with Gasteiger partial charge in [0, 0.05) is 21.2 Å². The van der Waals surface area contributed by atoms with Crippen LogP contribution < -0.4 is 10.2 Å². The van der Waals surface area contributed by atoms with Gasteiger partial charge in [-0.3, -0.25) is 0 Å². The van der Waals surface area contributed by atoms with Crippen LogP contribution in [0.15, 0.2) is 70.2 Å². The topological polar surface area (TPSA) is 98.2 Å². The van der Waals surface area contributed by atoms with Gasteiger partial charge >= 0.3 is 23.1 Å². The molecule has 0 radical (unpaired) electrons. The van der Waals surface area contributed by atoms with Crippen molar-refractivity contribution in [1.29, 1.82) is 0 Å². The van der Waals surface area contributed by atoms with Gasteiger partial charge in [-0.15, -0.1) is 0 Å². The van der Waals surface area contributed by atoms with Crippen LogP contribution in [-0.2, 0) is 0 Å². The molecule has 0 bridgehead atoms. The molecule has 2 aromatic heterocycles. The fraction of sp³-hybridized carbons (Fsp3) is 0. The molecule has 2 aromatic carbocycles. The van der Waals surface area contributed by atoms with Gasteiger partial charge < -0.3 is 19.0 Å². The summed E-state index contributed by atoms with van der Waals surface area (Å²) < 4.78 is 9.97. The maximum absolute atomic E-state index is 11.4. The van der Waals surface area contributed by atoms with E-state index in [9.17, 15) is 10.2 Å². The van der Waals surface area contributed by atoms with Crippen molar-refractivity contribution < 1.29 is 19.0 Å². The summed E-state index contributed by atoms with van der Waals surface area (Å²) in [5.74, 6) is 0.272. The summed E-state index contributed by atoms with van der Waals surface area (Å²) in [4.78, 5) is 7.73. The van der Waals surface area contributed by atoms with Crippen LogP contribution in [0.4, 0.5) is 0 Å². The van der Waals surface area contributed by atoms with E-state index in [2.05, 4.69) is 9.97 Å². The van der Waals surface area contributed by atoms with Crippen LogP contribution in [0.25, 0.3) is 22.9 Å². The van der Waals surface area contributed by atoms with E-state index in [0.29, 0.717) is 33.0 Å². The normalized spacial score (nSPS) is 9.85. The number of oxazole rings is 2. The van der Waals surface area contributed by atoms with Gasteiger partial charge in [0.15, 0.2) is 0 Å². The molecule has 27 heavy (non-hydrogen) atoms. The van der Waals surface area contributed by atoms with Gasteiger partial charge in [0.05, 0.1) is 12.4 Å². The zero-order valence-electron chi connectivity index (χ0n) is 13.8. The first kappa shape index (κ1) is 21.1. The third-order valence-corrected chi connectivity index (χ3v) is 3.68. The van der Waals surface area contributed by atoms with E-state index in [1.165, 1.54) is 37.1 Å². The first-order valence-corrected chi connectivity index (χ1v) is 8.03. The van der Waals surface area contributed by atoms with Gasteiger partial charge in [0.2, 0.25) is 11.8 Å². The minimum absolute atomic E-state index is 0. The predicted molar refractivity (Wildman–Crippen MR) is 98.5 cm³/mol. The van der Waals surface area contributed by atoms with Crippen molar-refractivity contribution >= 4 is 46.3 Å². The molecular weight excluding hydrogens is 403 g/mol.